The van der Waals surface area contributed by atoms with Gasteiger partial charge in [0.25, 0.3) is 0 Å². The van der Waals surface area contributed by atoms with Crippen molar-refractivity contribution in [3.8, 4) is 11.4 Å². The average Bonchev–Trinajstić information content (AvgIpc) is 3.14. The molecule has 0 saturated heterocycles. The number of ether oxygens (including phenoxy) is 1. The Bertz CT molecular complexity index is 956. The molecule has 0 radical (unpaired) electrons. The molecule has 0 bridgehead atoms. The molecule has 0 aliphatic heterocycles. The van der Waals surface area contributed by atoms with Crippen LogP contribution in [-0.2, 0) is 22.6 Å². The first-order chi connectivity index (χ1) is 13.0. The van der Waals surface area contributed by atoms with Gasteiger partial charge in [-0.05, 0) is 35.0 Å². The summed E-state index contributed by atoms with van der Waals surface area (Å²) in [5, 5.41) is 15.3. The average molecular weight is 386 g/mol. The number of amides is 1. The summed E-state index contributed by atoms with van der Waals surface area (Å²) in [6.45, 7) is 0.254. The van der Waals surface area contributed by atoms with Crippen LogP contribution >= 0.6 is 11.6 Å². The Hall–Kier alpha value is -3.26. The van der Waals surface area contributed by atoms with Gasteiger partial charge in [0.05, 0.1) is 12.7 Å². The number of methoxy groups -OCH3 is 1. The van der Waals surface area contributed by atoms with Gasteiger partial charge in [0.2, 0.25) is 11.7 Å². The van der Waals surface area contributed by atoms with E-state index in [2.05, 4.69) is 25.5 Å². The molecule has 3 rings (SSSR count). The van der Waals surface area contributed by atoms with E-state index in [0.29, 0.717) is 23.0 Å². The quantitative estimate of drug-likeness (QED) is 0.652. The van der Waals surface area contributed by atoms with Crippen molar-refractivity contribution in [1.82, 2.24) is 25.5 Å². The Morgan fingerprint density at radius 1 is 1.19 bits per heavy atom. The van der Waals surface area contributed by atoms with E-state index in [9.17, 15) is 9.59 Å². The molecule has 0 fully saturated rings. The molecule has 0 spiro atoms. The fraction of sp³-hybridized carbons (Fsp3) is 0.167. The number of nitrogens with zero attached hydrogens (tertiary/aromatic N) is 4. The molecule has 27 heavy (non-hydrogen) atoms. The number of hydrogen-bond acceptors (Lipinski definition) is 6. The van der Waals surface area contributed by atoms with Gasteiger partial charge in [0.15, 0.2) is 0 Å². The van der Waals surface area contributed by atoms with Gasteiger partial charge in [-0.3, -0.25) is 4.79 Å². The van der Waals surface area contributed by atoms with Crippen LogP contribution in [-0.4, -0.2) is 39.2 Å². The zero-order chi connectivity index (χ0) is 19.2. The lowest BCUT2D eigenvalue weighted by atomic mass is 10.1. The molecule has 138 valence electrons. The fourth-order valence-corrected chi connectivity index (χ4v) is 2.51. The van der Waals surface area contributed by atoms with E-state index in [0.717, 1.165) is 11.1 Å². The molecular formula is C18H16ClN5O3. The number of benzene rings is 2. The van der Waals surface area contributed by atoms with Crippen LogP contribution in [0.25, 0.3) is 11.4 Å². The third kappa shape index (κ3) is 4.89. The van der Waals surface area contributed by atoms with Crippen molar-refractivity contribution in [3.63, 3.8) is 0 Å². The topological polar surface area (TPSA) is 99.0 Å². The Balaban J connectivity index is 1.55. The maximum Gasteiger partial charge on any atom is 0.337 e. The molecule has 1 N–H and O–H groups in total. The van der Waals surface area contributed by atoms with Crippen LogP contribution < -0.4 is 5.32 Å². The lowest BCUT2D eigenvalue weighted by Crippen LogP contribution is -2.28. The molecule has 1 heterocycles. The van der Waals surface area contributed by atoms with Crippen LogP contribution in [0.4, 0.5) is 0 Å². The zero-order valence-corrected chi connectivity index (χ0v) is 15.2. The first-order valence-electron chi connectivity index (χ1n) is 8.03. The molecule has 0 aliphatic carbocycles. The van der Waals surface area contributed by atoms with Crippen molar-refractivity contribution in [2.45, 2.75) is 13.1 Å². The molecule has 0 unspecified atom stereocenters. The maximum atomic E-state index is 12.1. The molecule has 0 aliphatic rings. The van der Waals surface area contributed by atoms with Crippen molar-refractivity contribution in [1.29, 1.82) is 0 Å². The SMILES string of the molecule is COC(=O)c1ccc(CNC(=O)Cn2nnc(-c3cccc(Cl)c3)n2)cc1. The number of esters is 1. The van der Waals surface area contributed by atoms with E-state index in [1.165, 1.54) is 11.9 Å². The predicted molar refractivity (Wildman–Crippen MR) is 97.9 cm³/mol. The highest BCUT2D eigenvalue weighted by Crippen LogP contribution is 2.18. The predicted octanol–water partition coefficient (Wildman–Crippen LogP) is 2.10. The highest BCUT2D eigenvalue weighted by molar-refractivity contribution is 6.30. The summed E-state index contributed by atoms with van der Waals surface area (Å²) in [7, 11) is 1.33. The van der Waals surface area contributed by atoms with Crippen LogP contribution in [0.2, 0.25) is 5.02 Å². The first kappa shape index (κ1) is 18.5. The summed E-state index contributed by atoms with van der Waals surface area (Å²) in [5.41, 5.74) is 2.02. The number of aromatic nitrogens is 4. The van der Waals surface area contributed by atoms with Gasteiger partial charge in [-0.1, -0.05) is 35.9 Å². The Kier molecular flexibility index (Phi) is 5.77. The van der Waals surface area contributed by atoms with Gasteiger partial charge in [-0.25, -0.2) is 4.79 Å². The van der Waals surface area contributed by atoms with Crippen molar-refractivity contribution < 1.29 is 14.3 Å². The monoisotopic (exact) mass is 385 g/mol. The smallest absolute Gasteiger partial charge is 0.337 e. The van der Waals surface area contributed by atoms with Crippen LogP contribution in [0, 0.1) is 0 Å². The molecule has 0 atom stereocenters. The summed E-state index contributed by atoms with van der Waals surface area (Å²) in [5.74, 6) is -0.274. The highest BCUT2D eigenvalue weighted by atomic mass is 35.5. The van der Waals surface area contributed by atoms with Crippen LogP contribution in [0.5, 0.6) is 0 Å². The summed E-state index contributed by atoms with van der Waals surface area (Å²) in [6, 6.07) is 13.9. The summed E-state index contributed by atoms with van der Waals surface area (Å²) < 4.78 is 4.64. The van der Waals surface area contributed by atoms with E-state index < -0.39 is 5.97 Å². The Morgan fingerprint density at radius 2 is 1.96 bits per heavy atom. The first-order valence-corrected chi connectivity index (χ1v) is 8.40. The molecule has 2 aromatic carbocycles. The largest absolute Gasteiger partial charge is 0.465 e. The van der Waals surface area contributed by atoms with E-state index in [1.54, 1.807) is 42.5 Å². The summed E-state index contributed by atoms with van der Waals surface area (Å²) in [6.07, 6.45) is 0. The highest BCUT2D eigenvalue weighted by Gasteiger charge is 2.10. The maximum absolute atomic E-state index is 12.1. The Labute approximate surface area is 160 Å². The minimum Gasteiger partial charge on any atom is -0.465 e. The van der Waals surface area contributed by atoms with E-state index >= 15 is 0 Å². The molecule has 3 aromatic rings. The molecule has 1 aromatic heterocycles. The minimum absolute atomic E-state index is 0.0617. The normalized spacial score (nSPS) is 10.4. The standard InChI is InChI=1S/C18H16ClN5O3/c1-27-18(26)13-7-5-12(6-8-13)10-20-16(25)11-24-22-17(21-23-24)14-3-2-4-15(19)9-14/h2-9H,10-11H2,1H3,(H,20,25). The van der Waals surface area contributed by atoms with Gasteiger partial charge in [0.1, 0.15) is 6.54 Å². The number of rotatable bonds is 6. The van der Waals surface area contributed by atoms with Gasteiger partial charge >= 0.3 is 5.97 Å². The molecule has 8 nitrogen and oxygen atoms in total. The Morgan fingerprint density at radius 3 is 2.67 bits per heavy atom. The van der Waals surface area contributed by atoms with Gasteiger partial charge in [-0.15, -0.1) is 10.2 Å². The van der Waals surface area contributed by atoms with Gasteiger partial charge in [0, 0.05) is 17.1 Å². The molecular weight excluding hydrogens is 370 g/mol. The third-order valence-corrected chi connectivity index (χ3v) is 3.92. The van der Waals surface area contributed by atoms with Crippen molar-refractivity contribution >= 4 is 23.5 Å². The van der Waals surface area contributed by atoms with E-state index in [-0.39, 0.29) is 12.5 Å². The van der Waals surface area contributed by atoms with E-state index in [4.69, 9.17) is 11.6 Å². The number of nitrogens with one attached hydrogen (secondary N) is 1. The van der Waals surface area contributed by atoms with Crippen molar-refractivity contribution in [3.05, 3.63) is 64.7 Å². The van der Waals surface area contributed by atoms with E-state index in [1.807, 2.05) is 6.07 Å². The number of tetrazole rings is 1. The molecule has 9 heteroatoms. The number of carbonyl (C=O) groups excluding carboxylic acids is 2. The second-order valence-corrected chi connectivity index (χ2v) is 6.06. The number of halogens is 1. The lowest BCUT2D eigenvalue weighted by Gasteiger charge is -2.05. The van der Waals surface area contributed by atoms with Crippen molar-refractivity contribution in [2.24, 2.45) is 0 Å². The minimum atomic E-state index is -0.404. The van der Waals surface area contributed by atoms with Gasteiger partial charge < -0.3 is 10.1 Å². The van der Waals surface area contributed by atoms with Crippen LogP contribution in [0.15, 0.2) is 48.5 Å². The summed E-state index contributed by atoms with van der Waals surface area (Å²) >= 11 is 5.95. The van der Waals surface area contributed by atoms with Crippen LogP contribution in [0.3, 0.4) is 0 Å². The molecule has 0 saturated carbocycles. The van der Waals surface area contributed by atoms with Crippen LogP contribution in [0.1, 0.15) is 15.9 Å². The molecule has 1 amide bonds. The number of carbonyl (C=O) groups is 2. The third-order valence-electron chi connectivity index (χ3n) is 3.69. The second-order valence-electron chi connectivity index (χ2n) is 5.62. The zero-order valence-electron chi connectivity index (χ0n) is 14.4. The number of hydrogen-bond donors (Lipinski definition) is 1. The van der Waals surface area contributed by atoms with Crippen molar-refractivity contribution in [2.75, 3.05) is 7.11 Å². The van der Waals surface area contributed by atoms with Gasteiger partial charge in [-0.2, -0.15) is 4.80 Å². The fourth-order valence-electron chi connectivity index (χ4n) is 2.31. The summed E-state index contributed by atoms with van der Waals surface area (Å²) in [4.78, 5) is 24.7. The lowest BCUT2D eigenvalue weighted by molar-refractivity contribution is -0.122. The second kappa shape index (κ2) is 8.41.